The summed E-state index contributed by atoms with van der Waals surface area (Å²) in [5, 5.41) is 11.1. The number of rotatable bonds is 6. The lowest BCUT2D eigenvalue weighted by Gasteiger charge is -2.18. The van der Waals surface area contributed by atoms with Crippen LogP contribution in [-0.2, 0) is 6.42 Å². The van der Waals surface area contributed by atoms with E-state index < -0.39 is 0 Å². The minimum atomic E-state index is 0.286. The van der Waals surface area contributed by atoms with Gasteiger partial charge in [0.1, 0.15) is 0 Å². The zero-order chi connectivity index (χ0) is 14.4. The van der Waals surface area contributed by atoms with Gasteiger partial charge in [-0.2, -0.15) is 10.1 Å². The highest BCUT2D eigenvalue weighted by Gasteiger charge is 2.06. The van der Waals surface area contributed by atoms with E-state index >= 15 is 0 Å². The Bertz CT molecular complexity index is 528. The van der Waals surface area contributed by atoms with E-state index in [1.54, 1.807) is 6.20 Å². The maximum Gasteiger partial charge on any atom is 0.244 e. The van der Waals surface area contributed by atoms with Crippen LogP contribution in [0.3, 0.4) is 0 Å². The molecule has 0 radical (unpaired) electrons. The number of hydrogen-bond donors (Lipinski definition) is 1. The second kappa shape index (κ2) is 6.79. The molecule has 2 aromatic rings. The third-order valence-electron chi connectivity index (χ3n) is 2.84. The molecule has 1 N–H and O–H groups in total. The summed E-state index contributed by atoms with van der Waals surface area (Å²) < 4.78 is 0. The zero-order valence-corrected chi connectivity index (χ0v) is 12.1. The van der Waals surface area contributed by atoms with Crippen molar-refractivity contribution in [3.63, 3.8) is 0 Å². The molecular formula is C14H20N6. The average molecular weight is 272 g/mol. The Hall–Kier alpha value is -2.24. The van der Waals surface area contributed by atoms with Gasteiger partial charge >= 0.3 is 0 Å². The molecule has 0 atom stereocenters. The summed E-state index contributed by atoms with van der Waals surface area (Å²) in [6, 6.07) is 4.34. The predicted octanol–water partition coefficient (Wildman–Crippen LogP) is 1.77. The van der Waals surface area contributed by atoms with Crippen LogP contribution in [0.15, 0.2) is 30.7 Å². The van der Waals surface area contributed by atoms with Crippen LogP contribution in [-0.4, -0.2) is 39.8 Å². The van der Waals surface area contributed by atoms with Crippen molar-refractivity contribution in [3.8, 4) is 0 Å². The fourth-order valence-electron chi connectivity index (χ4n) is 1.76. The molecule has 0 aliphatic rings. The van der Waals surface area contributed by atoms with Gasteiger partial charge in [0, 0.05) is 32.0 Å². The lowest BCUT2D eigenvalue weighted by molar-refractivity contribution is 0.817. The molecule has 0 fully saturated rings. The predicted molar refractivity (Wildman–Crippen MR) is 79.8 cm³/mol. The van der Waals surface area contributed by atoms with Crippen LogP contribution in [0.5, 0.6) is 0 Å². The van der Waals surface area contributed by atoms with E-state index in [2.05, 4.69) is 30.4 Å². The van der Waals surface area contributed by atoms with Crippen molar-refractivity contribution in [2.24, 2.45) is 0 Å². The quantitative estimate of drug-likeness (QED) is 0.864. The van der Waals surface area contributed by atoms with Crippen LogP contribution in [0.2, 0.25) is 0 Å². The lowest BCUT2D eigenvalue weighted by Crippen LogP contribution is -2.23. The van der Waals surface area contributed by atoms with Crippen LogP contribution >= 0.6 is 0 Å². The molecule has 20 heavy (non-hydrogen) atoms. The van der Waals surface area contributed by atoms with Crippen molar-refractivity contribution in [2.75, 3.05) is 23.8 Å². The van der Waals surface area contributed by atoms with Gasteiger partial charge in [0.15, 0.2) is 5.82 Å². The van der Waals surface area contributed by atoms with Crippen molar-refractivity contribution in [3.05, 3.63) is 36.3 Å². The van der Waals surface area contributed by atoms with E-state index in [1.807, 2.05) is 45.4 Å². The number of nitrogens with zero attached hydrogens (tertiary/aromatic N) is 5. The molecule has 2 aromatic heterocycles. The number of hydrogen-bond acceptors (Lipinski definition) is 6. The number of nitrogens with one attached hydrogen (secondary N) is 1. The van der Waals surface area contributed by atoms with Gasteiger partial charge in [0.05, 0.1) is 6.20 Å². The van der Waals surface area contributed by atoms with Crippen LogP contribution < -0.4 is 10.2 Å². The molecule has 0 aliphatic heterocycles. The van der Waals surface area contributed by atoms with Crippen LogP contribution in [0, 0.1) is 0 Å². The highest BCUT2D eigenvalue weighted by atomic mass is 15.3. The Kier molecular flexibility index (Phi) is 4.81. The molecular weight excluding hydrogens is 252 g/mol. The second-order valence-corrected chi connectivity index (χ2v) is 4.96. The number of anilines is 2. The summed E-state index contributed by atoms with van der Waals surface area (Å²) in [4.78, 5) is 10.5. The molecule has 0 saturated carbocycles. The summed E-state index contributed by atoms with van der Waals surface area (Å²) in [7, 11) is 2.00. The average Bonchev–Trinajstić information content (AvgIpc) is 2.45. The Morgan fingerprint density at radius 3 is 2.70 bits per heavy atom. The molecule has 0 amide bonds. The normalized spacial score (nSPS) is 10.6. The molecule has 6 nitrogen and oxygen atoms in total. The van der Waals surface area contributed by atoms with Crippen LogP contribution in [0.4, 0.5) is 11.8 Å². The van der Waals surface area contributed by atoms with Crippen molar-refractivity contribution in [1.29, 1.82) is 0 Å². The third-order valence-corrected chi connectivity index (χ3v) is 2.84. The van der Waals surface area contributed by atoms with Gasteiger partial charge in [0.25, 0.3) is 0 Å². The van der Waals surface area contributed by atoms with E-state index in [1.165, 1.54) is 5.56 Å². The SMILES string of the molecule is CC(C)Nc1nncc(N(C)CCc2ccncc2)n1. The summed E-state index contributed by atoms with van der Waals surface area (Å²) in [6.07, 6.45) is 6.24. The first-order chi connectivity index (χ1) is 9.65. The van der Waals surface area contributed by atoms with E-state index in [4.69, 9.17) is 0 Å². The smallest absolute Gasteiger partial charge is 0.244 e. The van der Waals surface area contributed by atoms with E-state index in [0.717, 1.165) is 18.8 Å². The largest absolute Gasteiger partial charge is 0.358 e. The molecule has 0 bridgehead atoms. The molecule has 0 saturated heterocycles. The number of aromatic nitrogens is 4. The highest BCUT2D eigenvalue weighted by Crippen LogP contribution is 2.10. The minimum Gasteiger partial charge on any atom is -0.358 e. The van der Waals surface area contributed by atoms with Crippen molar-refractivity contribution < 1.29 is 0 Å². The maximum absolute atomic E-state index is 4.45. The second-order valence-electron chi connectivity index (χ2n) is 4.96. The lowest BCUT2D eigenvalue weighted by atomic mass is 10.2. The molecule has 0 unspecified atom stereocenters. The Morgan fingerprint density at radius 1 is 1.25 bits per heavy atom. The summed E-state index contributed by atoms with van der Waals surface area (Å²) in [6.45, 7) is 4.95. The standard InChI is InChI=1S/C14H20N6/c1-11(2)17-14-18-13(10-16-19-14)20(3)9-6-12-4-7-15-8-5-12/h4-5,7-8,10-11H,6,9H2,1-3H3,(H,17,18,19). The first-order valence-electron chi connectivity index (χ1n) is 6.71. The van der Waals surface area contributed by atoms with Crippen molar-refractivity contribution >= 4 is 11.8 Å². The monoisotopic (exact) mass is 272 g/mol. The van der Waals surface area contributed by atoms with Crippen molar-refractivity contribution in [1.82, 2.24) is 20.2 Å². The summed E-state index contributed by atoms with van der Waals surface area (Å²) in [5.74, 6) is 1.38. The number of likely N-dealkylation sites (N-methyl/N-ethyl adjacent to an activating group) is 1. The first-order valence-corrected chi connectivity index (χ1v) is 6.71. The first kappa shape index (κ1) is 14.2. The molecule has 106 valence electrons. The minimum absolute atomic E-state index is 0.286. The summed E-state index contributed by atoms with van der Waals surface area (Å²) >= 11 is 0. The van der Waals surface area contributed by atoms with E-state index in [9.17, 15) is 0 Å². The van der Waals surface area contributed by atoms with Gasteiger partial charge in [0.2, 0.25) is 5.95 Å². The van der Waals surface area contributed by atoms with Gasteiger partial charge < -0.3 is 10.2 Å². The van der Waals surface area contributed by atoms with E-state index in [-0.39, 0.29) is 6.04 Å². The van der Waals surface area contributed by atoms with Gasteiger partial charge in [-0.05, 0) is 38.0 Å². The fraction of sp³-hybridized carbons (Fsp3) is 0.429. The Morgan fingerprint density at radius 2 is 2.00 bits per heavy atom. The fourth-order valence-corrected chi connectivity index (χ4v) is 1.76. The third kappa shape index (κ3) is 4.15. The van der Waals surface area contributed by atoms with Crippen LogP contribution in [0.1, 0.15) is 19.4 Å². The zero-order valence-electron chi connectivity index (χ0n) is 12.1. The molecule has 6 heteroatoms. The van der Waals surface area contributed by atoms with E-state index in [0.29, 0.717) is 5.95 Å². The molecule has 0 aliphatic carbocycles. The van der Waals surface area contributed by atoms with Gasteiger partial charge in [-0.1, -0.05) is 0 Å². The summed E-state index contributed by atoms with van der Waals surface area (Å²) in [5.41, 5.74) is 1.26. The topological polar surface area (TPSA) is 66.8 Å². The van der Waals surface area contributed by atoms with Crippen molar-refractivity contribution in [2.45, 2.75) is 26.3 Å². The van der Waals surface area contributed by atoms with Gasteiger partial charge in [-0.3, -0.25) is 4.98 Å². The molecule has 0 spiro atoms. The van der Waals surface area contributed by atoms with Gasteiger partial charge in [-0.15, -0.1) is 5.10 Å². The Balaban J connectivity index is 1.96. The Labute approximate surface area is 119 Å². The number of pyridine rings is 1. The highest BCUT2D eigenvalue weighted by molar-refractivity contribution is 5.39. The van der Waals surface area contributed by atoms with Crippen LogP contribution in [0.25, 0.3) is 0 Å². The molecule has 0 aromatic carbocycles. The molecule has 2 heterocycles. The maximum atomic E-state index is 4.45. The molecule has 2 rings (SSSR count). The van der Waals surface area contributed by atoms with Gasteiger partial charge in [-0.25, -0.2) is 0 Å².